The number of benzene rings is 1. The van der Waals surface area contributed by atoms with Crippen molar-refractivity contribution in [1.82, 2.24) is 36.8 Å². The van der Waals surface area contributed by atoms with Crippen LogP contribution in [0, 0.1) is 5.92 Å². The quantitative estimate of drug-likeness (QED) is 0.157. The number of aliphatic carboxylic acids is 1. The molecule has 2 saturated heterocycles. The van der Waals surface area contributed by atoms with Crippen LogP contribution in [0.1, 0.15) is 79.7 Å². The summed E-state index contributed by atoms with van der Waals surface area (Å²) in [6.45, 7) is 11.9. The summed E-state index contributed by atoms with van der Waals surface area (Å²) in [5.41, 5.74) is -0.132. The number of aliphatic hydroxyl groups is 1. The molecule has 3 rings (SSSR count). The molecule has 2 aliphatic heterocycles. The lowest BCUT2D eigenvalue weighted by atomic mass is 9.99. The van der Waals surface area contributed by atoms with Gasteiger partial charge in [0.1, 0.15) is 36.0 Å². The number of nitrogens with one attached hydrogen (secondary N) is 6. The smallest absolute Gasteiger partial charge is 0.305 e. The third-order valence-corrected chi connectivity index (χ3v) is 8.99. The predicted octanol–water partition coefficient (Wildman–Crippen LogP) is -0.958. The van der Waals surface area contributed by atoms with E-state index in [1.807, 2.05) is 0 Å². The molecule has 2 heterocycles. The fraction of sp³-hybridized carbons (Fsp3) is 0.639. The zero-order valence-electron chi connectivity index (χ0n) is 31.4. The van der Waals surface area contributed by atoms with Gasteiger partial charge in [0, 0.05) is 12.0 Å². The maximum Gasteiger partial charge on any atom is 0.305 e. The van der Waals surface area contributed by atoms with E-state index in [4.69, 9.17) is 0 Å². The first-order chi connectivity index (χ1) is 24.7. The first-order valence-corrected chi connectivity index (χ1v) is 17.9. The Bertz CT molecular complexity index is 1510. The van der Waals surface area contributed by atoms with E-state index < -0.39 is 102 Å². The summed E-state index contributed by atoms with van der Waals surface area (Å²) in [5.74, 6) is -6.31. The lowest BCUT2D eigenvalue weighted by Gasteiger charge is -2.38. The fourth-order valence-corrected chi connectivity index (χ4v) is 6.54. The second kappa shape index (κ2) is 18.3. The molecule has 53 heavy (non-hydrogen) atoms. The number of carbonyl (C=O) groups excluding carboxylic acids is 6. The molecule has 0 saturated carbocycles. The number of amides is 6. The van der Waals surface area contributed by atoms with Crippen molar-refractivity contribution in [3.63, 3.8) is 0 Å². The number of phenolic OH excluding ortho intramolecular Hbond substituents is 1. The number of aromatic hydroxyl groups is 1. The van der Waals surface area contributed by atoms with Crippen LogP contribution in [-0.4, -0.2) is 122 Å². The first-order valence-electron chi connectivity index (χ1n) is 17.9. The van der Waals surface area contributed by atoms with Crippen LogP contribution in [0.25, 0.3) is 0 Å². The van der Waals surface area contributed by atoms with E-state index in [0.29, 0.717) is 18.4 Å². The minimum atomic E-state index is -1.72. The first kappa shape index (κ1) is 42.6. The van der Waals surface area contributed by atoms with Gasteiger partial charge >= 0.3 is 5.97 Å². The Kier molecular flexibility index (Phi) is 14.7. The van der Waals surface area contributed by atoms with Crippen LogP contribution >= 0.6 is 0 Å². The summed E-state index contributed by atoms with van der Waals surface area (Å²) < 4.78 is 0. The van der Waals surface area contributed by atoms with Crippen molar-refractivity contribution < 1.29 is 48.9 Å². The molecule has 17 heteroatoms. The van der Waals surface area contributed by atoms with Crippen molar-refractivity contribution in [2.45, 2.75) is 135 Å². The summed E-state index contributed by atoms with van der Waals surface area (Å²) in [4.78, 5) is 96.4. The monoisotopic (exact) mass is 745 g/mol. The molecule has 8 atom stereocenters. The van der Waals surface area contributed by atoms with Gasteiger partial charge in [-0.25, -0.2) is 0 Å². The molecule has 1 aromatic carbocycles. The van der Waals surface area contributed by atoms with E-state index in [9.17, 15) is 48.9 Å². The van der Waals surface area contributed by atoms with Crippen LogP contribution in [0.15, 0.2) is 24.3 Å². The number of carbonyl (C=O) groups is 7. The van der Waals surface area contributed by atoms with Gasteiger partial charge in [0.05, 0.1) is 24.6 Å². The molecule has 2 aliphatic rings. The summed E-state index contributed by atoms with van der Waals surface area (Å²) in [5, 5.41) is 45.8. The van der Waals surface area contributed by atoms with Crippen molar-refractivity contribution in [1.29, 1.82) is 0 Å². The highest BCUT2D eigenvalue weighted by Gasteiger charge is 2.44. The van der Waals surface area contributed by atoms with Crippen molar-refractivity contribution >= 4 is 41.4 Å². The number of nitrogens with zero attached hydrogens (tertiary/aromatic N) is 1. The number of fused-ring (bicyclic) bond motifs is 1. The van der Waals surface area contributed by atoms with E-state index in [2.05, 4.69) is 31.9 Å². The second-order valence-electron chi connectivity index (χ2n) is 15.4. The molecule has 1 unspecified atom stereocenters. The number of carboxylic acids is 1. The molecule has 2 fully saturated rings. The number of carboxylic acid groups (broad SMARTS) is 1. The van der Waals surface area contributed by atoms with E-state index in [-0.39, 0.29) is 31.1 Å². The summed E-state index contributed by atoms with van der Waals surface area (Å²) >= 11 is 0. The van der Waals surface area contributed by atoms with E-state index in [0.717, 1.165) is 0 Å². The van der Waals surface area contributed by atoms with Gasteiger partial charge in [-0.1, -0.05) is 26.0 Å². The minimum Gasteiger partial charge on any atom is -0.508 e. The van der Waals surface area contributed by atoms with E-state index in [1.54, 1.807) is 58.6 Å². The van der Waals surface area contributed by atoms with Gasteiger partial charge in [0.25, 0.3) is 0 Å². The zero-order chi connectivity index (χ0) is 39.8. The second-order valence-corrected chi connectivity index (χ2v) is 15.4. The number of rotatable bonds is 8. The number of phenols is 1. The van der Waals surface area contributed by atoms with E-state index in [1.165, 1.54) is 19.1 Å². The highest BCUT2D eigenvalue weighted by atomic mass is 16.4. The molecule has 0 bridgehead atoms. The molecule has 0 aromatic heterocycles. The minimum absolute atomic E-state index is 0.0114. The largest absolute Gasteiger partial charge is 0.508 e. The Morgan fingerprint density at radius 1 is 0.849 bits per heavy atom. The third-order valence-electron chi connectivity index (χ3n) is 8.99. The topological polar surface area (TPSA) is 256 Å². The number of hydrogen-bond donors (Lipinski definition) is 9. The molecular weight excluding hydrogens is 690 g/mol. The molecule has 17 nitrogen and oxygen atoms in total. The lowest BCUT2D eigenvalue weighted by molar-refractivity contribution is -0.142. The standard InChI is InChI=1S/C36H55N7O10/c1-18(2)15-23-30(48)39-25(17-27(46)47)32(50)41-28(20(4)44)34(52)37-19(3)29(35(53)42-36(5,6)7)43-14-8-9-26(43)33(51)40-24(31(49)38-23)16-21-10-12-22(45)13-11-21/h10-13,18-20,23-26,28-29,44-45H,8-9,14-17H2,1-7H3,(H,37,52)(H,38,49)(H,39,48)(H,40,51)(H,41,50)(H,42,53)(H,46,47)/t19-,20-,23+,24+,25+,26+,28?,29+/m1/s1. The maximum absolute atomic E-state index is 14.2. The highest BCUT2D eigenvalue weighted by Crippen LogP contribution is 2.24. The van der Waals surface area contributed by atoms with Crippen LogP contribution in [0.3, 0.4) is 0 Å². The summed E-state index contributed by atoms with van der Waals surface area (Å²) in [6.07, 6.45) is -1.56. The summed E-state index contributed by atoms with van der Waals surface area (Å²) in [6, 6.07) is -2.93. The highest BCUT2D eigenvalue weighted by molar-refractivity contribution is 5.97. The normalized spacial score (nSPS) is 27.6. The molecule has 0 aliphatic carbocycles. The van der Waals surface area contributed by atoms with Crippen LogP contribution in [0.2, 0.25) is 0 Å². The van der Waals surface area contributed by atoms with Gasteiger partial charge in [0.15, 0.2) is 0 Å². The van der Waals surface area contributed by atoms with Gasteiger partial charge in [-0.3, -0.25) is 38.5 Å². The molecule has 9 N–H and O–H groups in total. The zero-order valence-corrected chi connectivity index (χ0v) is 31.4. The Hall–Kier alpha value is -4.77. The van der Waals surface area contributed by atoms with Crippen LogP contribution in [0.5, 0.6) is 5.75 Å². The van der Waals surface area contributed by atoms with E-state index >= 15 is 0 Å². The molecule has 6 amide bonds. The van der Waals surface area contributed by atoms with Crippen molar-refractivity contribution in [3.8, 4) is 5.75 Å². The molecular formula is C36H55N7O10. The lowest BCUT2D eigenvalue weighted by Crippen LogP contribution is -2.66. The third kappa shape index (κ3) is 12.4. The molecule has 294 valence electrons. The molecule has 1 aromatic rings. The van der Waals surface area contributed by atoms with Crippen molar-refractivity contribution in [3.05, 3.63) is 29.8 Å². The maximum atomic E-state index is 14.2. The van der Waals surface area contributed by atoms with Crippen LogP contribution in [0.4, 0.5) is 0 Å². The predicted molar refractivity (Wildman–Crippen MR) is 192 cm³/mol. The molecule has 0 radical (unpaired) electrons. The van der Waals surface area contributed by atoms with Gasteiger partial charge in [0.2, 0.25) is 35.4 Å². The van der Waals surface area contributed by atoms with Crippen LogP contribution in [-0.2, 0) is 40.0 Å². The Balaban J connectivity index is 2.16. The molecule has 0 spiro atoms. The SMILES string of the molecule is CC(C)C[C@@H]1NC(=O)[C@H](Cc2ccc(O)cc2)NC(=O)[C@@H]2CCCN2[C@H](C(=O)NC(C)(C)C)[C@@H](C)NC(=O)C([C@@H](C)O)NC(=O)[C@H](CC(=O)O)NC1=O. The van der Waals surface area contributed by atoms with Crippen LogP contribution < -0.4 is 31.9 Å². The van der Waals surface area contributed by atoms with Gasteiger partial charge in [-0.05, 0) is 84.0 Å². The number of hydrogen-bond acceptors (Lipinski definition) is 10. The average Bonchev–Trinajstić information content (AvgIpc) is 3.50. The fourth-order valence-electron chi connectivity index (χ4n) is 6.54. The van der Waals surface area contributed by atoms with Crippen molar-refractivity contribution in [2.75, 3.05) is 6.54 Å². The Labute approximate surface area is 309 Å². The Morgan fingerprint density at radius 3 is 1.98 bits per heavy atom. The van der Waals surface area contributed by atoms with Gasteiger partial charge < -0.3 is 47.2 Å². The van der Waals surface area contributed by atoms with Crippen molar-refractivity contribution in [2.24, 2.45) is 5.92 Å². The number of aliphatic hydroxyl groups excluding tert-OH is 1. The summed E-state index contributed by atoms with van der Waals surface area (Å²) in [7, 11) is 0. The van der Waals surface area contributed by atoms with Gasteiger partial charge in [-0.15, -0.1) is 0 Å². The Morgan fingerprint density at radius 2 is 1.42 bits per heavy atom. The van der Waals surface area contributed by atoms with Gasteiger partial charge in [-0.2, -0.15) is 0 Å². The average molecular weight is 746 g/mol.